The van der Waals surface area contributed by atoms with Crippen LogP contribution >= 0.6 is 11.3 Å². The number of ether oxygens (including phenoxy) is 1. The van der Waals surface area contributed by atoms with Crippen LogP contribution in [-0.4, -0.2) is 12.1 Å². The molecule has 0 saturated heterocycles. The third kappa shape index (κ3) is 3.09. The maximum atomic E-state index is 13.0. The Morgan fingerprint density at radius 2 is 1.77 bits per heavy atom. The summed E-state index contributed by atoms with van der Waals surface area (Å²) in [7, 11) is 1.63. The Balaban J connectivity index is 1.93. The molecule has 2 aromatic carbocycles. The van der Waals surface area contributed by atoms with Crippen molar-refractivity contribution < 1.29 is 9.13 Å². The van der Waals surface area contributed by atoms with Crippen LogP contribution in [0.4, 0.5) is 9.52 Å². The van der Waals surface area contributed by atoms with E-state index in [-0.39, 0.29) is 5.82 Å². The first-order chi connectivity index (χ1) is 10.7. The Labute approximate surface area is 132 Å². The average molecular weight is 314 g/mol. The van der Waals surface area contributed by atoms with Gasteiger partial charge in [0.2, 0.25) is 0 Å². The molecule has 3 rings (SSSR count). The van der Waals surface area contributed by atoms with Crippen molar-refractivity contribution in [1.82, 2.24) is 4.98 Å². The lowest BCUT2D eigenvalue weighted by atomic mass is 10.1. The topological polar surface area (TPSA) is 48.1 Å². The molecule has 2 N–H and O–H groups in total. The Bertz CT molecular complexity index is 766. The minimum Gasteiger partial charge on any atom is -0.497 e. The van der Waals surface area contributed by atoms with Gasteiger partial charge in [-0.2, -0.15) is 0 Å². The first kappa shape index (κ1) is 14.5. The van der Waals surface area contributed by atoms with Crippen molar-refractivity contribution in [2.75, 3.05) is 12.8 Å². The zero-order valence-corrected chi connectivity index (χ0v) is 12.9. The molecule has 0 aliphatic rings. The van der Waals surface area contributed by atoms with E-state index in [4.69, 9.17) is 10.5 Å². The standard InChI is InChI=1S/C17H15FN2OS/c1-21-14-8-4-12(5-9-14)16-15(22-17(19)20-16)10-11-2-6-13(18)7-3-11/h2-9H,10H2,1H3,(H2,19,20). The Morgan fingerprint density at radius 3 is 2.41 bits per heavy atom. The van der Waals surface area contributed by atoms with Gasteiger partial charge in [-0.25, -0.2) is 9.37 Å². The summed E-state index contributed by atoms with van der Waals surface area (Å²) in [6.45, 7) is 0. The number of nitrogens with two attached hydrogens (primary N) is 1. The van der Waals surface area contributed by atoms with Crippen LogP contribution in [0.15, 0.2) is 48.5 Å². The van der Waals surface area contributed by atoms with E-state index in [2.05, 4.69) is 4.98 Å². The summed E-state index contributed by atoms with van der Waals surface area (Å²) >= 11 is 1.46. The molecule has 1 aromatic heterocycles. The lowest BCUT2D eigenvalue weighted by Gasteiger charge is -2.04. The number of methoxy groups -OCH3 is 1. The summed E-state index contributed by atoms with van der Waals surface area (Å²) < 4.78 is 18.2. The molecule has 0 aliphatic carbocycles. The van der Waals surface area contributed by atoms with Crippen LogP contribution in [0.25, 0.3) is 11.3 Å². The quantitative estimate of drug-likeness (QED) is 0.787. The number of nitrogens with zero attached hydrogens (tertiary/aromatic N) is 1. The summed E-state index contributed by atoms with van der Waals surface area (Å²) in [5.41, 5.74) is 8.76. The number of rotatable bonds is 4. The Hall–Kier alpha value is -2.40. The van der Waals surface area contributed by atoms with Gasteiger partial charge in [0, 0.05) is 16.9 Å². The summed E-state index contributed by atoms with van der Waals surface area (Å²) in [4.78, 5) is 5.50. The molecule has 0 atom stereocenters. The molecule has 3 aromatic rings. The summed E-state index contributed by atoms with van der Waals surface area (Å²) in [5, 5.41) is 0.530. The molecular formula is C17H15FN2OS. The van der Waals surface area contributed by atoms with Gasteiger partial charge in [-0.1, -0.05) is 12.1 Å². The van der Waals surface area contributed by atoms with Crippen molar-refractivity contribution in [2.45, 2.75) is 6.42 Å². The number of hydrogen-bond acceptors (Lipinski definition) is 4. The highest BCUT2D eigenvalue weighted by Crippen LogP contribution is 2.32. The maximum Gasteiger partial charge on any atom is 0.180 e. The lowest BCUT2D eigenvalue weighted by Crippen LogP contribution is -1.90. The van der Waals surface area contributed by atoms with Crippen LogP contribution in [0, 0.1) is 5.82 Å². The fourth-order valence-corrected chi connectivity index (χ4v) is 3.14. The van der Waals surface area contributed by atoms with E-state index in [1.807, 2.05) is 24.3 Å². The summed E-state index contributed by atoms with van der Waals surface area (Å²) in [6, 6.07) is 14.2. The Morgan fingerprint density at radius 1 is 1.09 bits per heavy atom. The number of aromatic nitrogens is 1. The molecule has 3 nitrogen and oxygen atoms in total. The second-order valence-corrected chi connectivity index (χ2v) is 5.97. The van der Waals surface area contributed by atoms with E-state index < -0.39 is 0 Å². The lowest BCUT2D eigenvalue weighted by molar-refractivity contribution is 0.415. The van der Waals surface area contributed by atoms with Gasteiger partial charge in [-0.15, -0.1) is 11.3 Å². The fraction of sp³-hybridized carbons (Fsp3) is 0.118. The molecule has 0 saturated carbocycles. The molecule has 0 unspecified atom stereocenters. The highest BCUT2D eigenvalue weighted by molar-refractivity contribution is 7.15. The maximum absolute atomic E-state index is 13.0. The molecular weight excluding hydrogens is 299 g/mol. The molecule has 5 heteroatoms. The summed E-state index contributed by atoms with van der Waals surface area (Å²) in [5.74, 6) is 0.565. The highest BCUT2D eigenvalue weighted by Gasteiger charge is 2.12. The van der Waals surface area contributed by atoms with Gasteiger partial charge in [0.15, 0.2) is 5.13 Å². The second kappa shape index (κ2) is 6.15. The Kier molecular flexibility index (Phi) is 4.06. The minimum atomic E-state index is -0.233. The van der Waals surface area contributed by atoms with Gasteiger partial charge in [-0.05, 0) is 42.0 Å². The van der Waals surface area contributed by atoms with E-state index in [0.717, 1.165) is 27.4 Å². The van der Waals surface area contributed by atoms with Gasteiger partial charge in [0.1, 0.15) is 11.6 Å². The largest absolute Gasteiger partial charge is 0.497 e. The van der Waals surface area contributed by atoms with E-state index in [0.29, 0.717) is 11.6 Å². The van der Waals surface area contributed by atoms with Crippen molar-refractivity contribution in [3.05, 3.63) is 64.8 Å². The average Bonchev–Trinajstić information content (AvgIpc) is 2.90. The smallest absolute Gasteiger partial charge is 0.180 e. The van der Waals surface area contributed by atoms with E-state index in [1.54, 1.807) is 19.2 Å². The zero-order chi connectivity index (χ0) is 15.5. The summed E-state index contributed by atoms with van der Waals surface area (Å²) in [6.07, 6.45) is 0.677. The molecule has 1 heterocycles. The second-order valence-electron chi connectivity index (χ2n) is 4.86. The van der Waals surface area contributed by atoms with Gasteiger partial charge >= 0.3 is 0 Å². The molecule has 0 bridgehead atoms. The van der Waals surface area contributed by atoms with Crippen molar-refractivity contribution in [1.29, 1.82) is 0 Å². The number of halogens is 1. The number of benzene rings is 2. The number of nitrogen functional groups attached to an aromatic ring is 1. The van der Waals surface area contributed by atoms with Gasteiger partial charge in [0.25, 0.3) is 0 Å². The predicted octanol–water partition coefficient (Wildman–Crippen LogP) is 4.13. The van der Waals surface area contributed by atoms with Crippen molar-refractivity contribution in [3.63, 3.8) is 0 Å². The minimum absolute atomic E-state index is 0.233. The van der Waals surface area contributed by atoms with Gasteiger partial charge < -0.3 is 10.5 Å². The zero-order valence-electron chi connectivity index (χ0n) is 12.0. The van der Waals surface area contributed by atoms with E-state index in [9.17, 15) is 4.39 Å². The third-order valence-electron chi connectivity index (χ3n) is 3.36. The van der Waals surface area contributed by atoms with Crippen LogP contribution in [0.2, 0.25) is 0 Å². The van der Waals surface area contributed by atoms with Crippen LogP contribution in [0.1, 0.15) is 10.4 Å². The highest BCUT2D eigenvalue weighted by atomic mass is 32.1. The van der Waals surface area contributed by atoms with Crippen LogP contribution in [-0.2, 0) is 6.42 Å². The van der Waals surface area contributed by atoms with Crippen molar-refractivity contribution in [3.8, 4) is 17.0 Å². The van der Waals surface area contributed by atoms with Gasteiger partial charge in [0.05, 0.1) is 12.8 Å². The van der Waals surface area contributed by atoms with E-state index >= 15 is 0 Å². The monoisotopic (exact) mass is 314 g/mol. The number of thiazole rings is 1. The molecule has 0 radical (unpaired) electrons. The molecule has 0 amide bonds. The van der Waals surface area contributed by atoms with Crippen LogP contribution in [0.5, 0.6) is 5.75 Å². The van der Waals surface area contributed by atoms with Crippen LogP contribution in [0.3, 0.4) is 0 Å². The first-order valence-electron chi connectivity index (χ1n) is 6.80. The fourth-order valence-electron chi connectivity index (χ4n) is 2.25. The number of anilines is 1. The molecule has 0 aliphatic heterocycles. The van der Waals surface area contributed by atoms with Crippen molar-refractivity contribution in [2.24, 2.45) is 0 Å². The van der Waals surface area contributed by atoms with E-state index in [1.165, 1.54) is 23.5 Å². The first-order valence-corrected chi connectivity index (χ1v) is 7.61. The molecule has 0 fully saturated rings. The van der Waals surface area contributed by atoms with Crippen molar-refractivity contribution >= 4 is 16.5 Å². The molecule has 0 spiro atoms. The van der Waals surface area contributed by atoms with Gasteiger partial charge in [-0.3, -0.25) is 0 Å². The molecule has 22 heavy (non-hydrogen) atoms. The SMILES string of the molecule is COc1ccc(-c2nc(N)sc2Cc2ccc(F)cc2)cc1. The number of hydrogen-bond donors (Lipinski definition) is 1. The normalized spacial score (nSPS) is 10.6. The molecule has 112 valence electrons. The predicted molar refractivity (Wildman–Crippen MR) is 87.7 cm³/mol. The van der Waals surface area contributed by atoms with Crippen LogP contribution < -0.4 is 10.5 Å². The third-order valence-corrected chi connectivity index (χ3v) is 4.24.